The standard InChI is InChI=1S/C13H18N4O/c1-2-10-3-5-11(6-4-10)13-8-17(16-15-13)7-12(14)9-18/h3-6,8,12,18H,2,7,9,14H2,1H3/t12-/m0/s1. The first kappa shape index (κ1) is 12.7. The maximum atomic E-state index is 8.89. The third-order valence-corrected chi connectivity index (χ3v) is 2.85. The van der Waals surface area contributed by atoms with Crippen LogP contribution in [0.25, 0.3) is 11.3 Å². The summed E-state index contributed by atoms with van der Waals surface area (Å²) in [4.78, 5) is 0. The van der Waals surface area contributed by atoms with Crippen LogP contribution in [0.3, 0.4) is 0 Å². The van der Waals surface area contributed by atoms with Gasteiger partial charge in [0.2, 0.25) is 0 Å². The van der Waals surface area contributed by atoms with Crippen molar-refractivity contribution >= 4 is 0 Å². The SMILES string of the molecule is CCc1ccc(-c2cn(C[C@H](N)CO)nn2)cc1. The minimum atomic E-state index is -0.304. The number of hydrogen-bond acceptors (Lipinski definition) is 4. The topological polar surface area (TPSA) is 77.0 Å². The highest BCUT2D eigenvalue weighted by Crippen LogP contribution is 2.16. The number of aromatic nitrogens is 3. The van der Waals surface area contributed by atoms with Gasteiger partial charge in [0.25, 0.3) is 0 Å². The summed E-state index contributed by atoms with van der Waals surface area (Å²) >= 11 is 0. The van der Waals surface area contributed by atoms with E-state index in [1.165, 1.54) is 5.56 Å². The number of nitrogens with two attached hydrogens (primary N) is 1. The van der Waals surface area contributed by atoms with Crippen LogP contribution in [-0.2, 0) is 13.0 Å². The number of hydrogen-bond donors (Lipinski definition) is 2. The zero-order valence-electron chi connectivity index (χ0n) is 10.5. The fraction of sp³-hybridized carbons (Fsp3) is 0.385. The number of aliphatic hydroxyl groups is 1. The van der Waals surface area contributed by atoms with Gasteiger partial charge in [-0.2, -0.15) is 0 Å². The Morgan fingerprint density at radius 3 is 2.67 bits per heavy atom. The van der Waals surface area contributed by atoms with E-state index < -0.39 is 0 Å². The largest absolute Gasteiger partial charge is 0.395 e. The van der Waals surface area contributed by atoms with Crippen LogP contribution in [0, 0.1) is 0 Å². The quantitative estimate of drug-likeness (QED) is 0.819. The highest BCUT2D eigenvalue weighted by molar-refractivity contribution is 5.57. The summed E-state index contributed by atoms with van der Waals surface area (Å²) in [5, 5.41) is 17.0. The zero-order valence-corrected chi connectivity index (χ0v) is 10.5. The van der Waals surface area contributed by atoms with Crippen molar-refractivity contribution in [2.45, 2.75) is 25.9 Å². The van der Waals surface area contributed by atoms with Gasteiger partial charge in [0.15, 0.2) is 0 Å². The van der Waals surface area contributed by atoms with Crippen LogP contribution in [-0.4, -0.2) is 32.7 Å². The Morgan fingerprint density at radius 2 is 2.06 bits per heavy atom. The molecule has 0 radical (unpaired) electrons. The lowest BCUT2D eigenvalue weighted by molar-refractivity contribution is 0.250. The number of aryl methyl sites for hydroxylation is 1. The van der Waals surface area contributed by atoms with Crippen molar-refractivity contribution in [3.8, 4) is 11.3 Å². The van der Waals surface area contributed by atoms with Crippen molar-refractivity contribution in [2.24, 2.45) is 5.73 Å². The van der Waals surface area contributed by atoms with Gasteiger partial charge in [0.05, 0.1) is 19.3 Å². The number of benzene rings is 1. The smallest absolute Gasteiger partial charge is 0.113 e. The molecule has 1 heterocycles. The Balaban J connectivity index is 2.13. The van der Waals surface area contributed by atoms with Crippen molar-refractivity contribution in [3.63, 3.8) is 0 Å². The molecule has 2 rings (SSSR count). The average molecular weight is 246 g/mol. The predicted octanol–water partition coefficient (Wildman–Crippen LogP) is 0.827. The molecule has 5 heteroatoms. The second kappa shape index (κ2) is 5.75. The molecular formula is C13H18N4O. The first-order valence-corrected chi connectivity index (χ1v) is 6.08. The minimum Gasteiger partial charge on any atom is -0.395 e. The number of aliphatic hydroxyl groups excluding tert-OH is 1. The van der Waals surface area contributed by atoms with Crippen LogP contribution in [0.4, 0.5) is 0 Å². The van der Waals surface area contributed by atoms with Gasteiger partial charge < -0.3 is 10.8 Å². The zero-order chi connectivity index (χ0) is 13.0. The molecule has 2 aromatic rings. The normalized spacial score (nSPS) is 12.6. The van der Waals surface area contributed by atoms with Crippen molar-refractivity contribution < 1.29 is 5.11 Å². The van der Waals surface area contributed by atoms with E-state index in [-0.39, 0.29) is 12.6 Å². The van der Waals surface area contributed by atoms with Crippen LogP contribution in [0.2, 0.25) is 0 Å². The lowest BCUT2D eigenvalue weighted by Gasteiger charge is -2.05. The van der Waals surface area contributed by atoms with Gasteiger partial charge in [0.1, 0.15) is 5.69 Å². The maximum absolute atomic E-state index is 8.89. The highest BCUT2D eigenvalue weighted by atomic mass is 16.3. The molecule has 0 spiro atoms. The first-order valence-electron chi connectivity index (χ1n) is 6.08. The van der Waals surface area contributed by atoms with Crippen LogP contribution < -0.4 is 5.73 Å². The molecule has 5 nitrogen and oxygen atoms in total. The molecule has 18 heavy (non-hydrogen) atoms. The maximum Gasteiger partial charge on any atom is 0.113 e. The lowest BCUT2D eigenvalue weighted by atomic mass is 10.1. The molecule has 1 atom stereocenters. The molecule has 0 aliphatic carbocycles. The van der Waals surface area contributed by atoms with E-state index in [4.69, 9.17) is 10.8 Å². The molecule has 0 fully saturated rings. The molecule has 0 saturated carbocycles. The highest BCUT2D eigenvalue weighted by Gasteiger charge is 2.06. The predicted molar refractivity (Wildman–Crippen MR) is 69.9 cm³/mol. The minimum absolute atomic E-state index is 0.0552. The Hall–Kier alpha value is -1.72. The molecule has 0 unspecified atom stereocenters. The van der Waals surface area contributed by atoms with Crippen molar-refractivity contribution in [2.75, 3.05) is 6.61 Å². The Kier molecular flexibility index (Phi) is 4.07. The van der Waals surface area contributed by atoms with Gasteiger partial charge in [-0.1, -0.05) is 36.4 Å². The summed E-state index contributed by atoms with van der Waals surface area (Å²) in [6, 6.07) is 7.96. The molecule has 0 bridgehead atoms. The molecule has 0 amide bonds. The Morgan fingerprint density at radius 1 is 1.33 bits per heavy atom. The van der Waals surface area contributed by atoms with Crippen LogP contribution in [0.15, 0.2) is 30.5 Å². The fourth-order valence-electron chi connectivity index (χ4n) is 1.73. The Labute approximate surface area is 106 Å². The summed E-state index contributed by atoms with van der Waals surface area (Å²) in [7, 11) is 0. The van der Waals surface area contributed by atoms with Crippen LogP contribution in [0.5, 0.6) is 0 Å². The molecule has 3 N–H and O–H groups in total. The van der Waals surface area contributed by atoms with E-state index in [9.17, 15) is 0 Å². The number of nitrogens with zero attached hydrogens (tertiary/aromatic N) is 3. The first-order chi connectivity index (χ1) is 8.72. The molecule has 0 aliphatic heterocycles. The van der Waals surface area contributed by atoms with Gasteiger partial charge in [-0.3, -0.25) is 4.68 Å². The summed E-state index contributed by atoms with van der Waals surface area (Å²) in [5.41, 5.74) is 8.81. The fourth-order valence-corrected chi connectivity index (χ4v) is 1.73. The van der Waals surface area contributed by atoms with Gasteiger partial charge in [0, 0.05) is 11.6 Å². The van der Waals surface area contributed by atoms with Gasteiger partial charge >= 0.3 is 0 Å². The van der Waals surface area contributed by atoms with Gasteiger partial charge in [-0.05, 0) is 12.0 Å². The second-order valence-electron chi connectivity index (χ2n) is 4.32. The van der Waals surface area contributed by atoms with E-state index >= 15 is 0 Å². The Bertz CT molecular complexity index is 492. The molecule has 1 aromatic heterocycles. The third-order valence-electron chi connectivity index (χ3n) is 2.85. The van der Waals surface area contributed by atoms with Crippen LogP contribution in [0.1, 0.15) is 12.5 Å². The number of rotatable bonds is 5. The van der Waals surface area contributed by atoms with E-state index in [1.54, 1.807) is 4.68 Å². The second-order valence-corrected chi connectivity index (χ2v) is 4.32. The van der Waals surface area contributed by atoms with E-state index in [0.29, 0.717) is 6.54 Å². The summed E-state index contributed by atoms with van der Waals surface area (Å²) in [6.07, 6.45) is 2.87. The van der Waals surface area contributed by atoms with Gasteiger partial charge in [-0.25, -0.2) is 0 Å². The molecule has 0 saturated heterocycles. The molecule has 1 aromatic carbocycles. The lowest BCUT2D eigenvalue weighted by Crippen LogP contribution is -2.30. The monoisotopic (exact) mass is 246 g/mol. The van der Waals surface area contributed by atoms with E-state index in [1.807, 2.05) is 18.3 Å². The van der Waals surface area contributed by atoms with Crippen molar-refractivity contribution in [3.05, 3.63) is 36.0 Å². The molecule has 0 aliphatic rings. The van der Waals surface area contributed by atoms with Crippen LogP contribution >= 0.6 is 0 Å². The summed E-state index contributed by atoms with van der Waals surface area (Å²) < 4.78 is 1.66. The van der Waals surface area contributed by atoms with E-state index in [0.717, 1.165) is 17.7 Å². The van der Waals surface area contributed by atoms with E-state index in [2.05, 4.69) is 29.4 Å². The summed E-state index contributed by atoms with van der Waals surface area (Å²) in [6.45, 7) is 2.54. The van der Waals surface area contributed by atoms with Crippen molar-refractivity contribution in [1.82, 2.24) is 15.0 Å². The molecule has 96 valence electrons. The average Bonchev–Trinajstić information content (AvgIpc) is 2.87. The van der Waals surface area contributed by atoms with Crippen molar-refractivity contribution in [1.29, 1.82) is 0 Å². The summed E-state index contributed by atoms with van der Waals surface area (Å²) in [5.74, 6) is 0. The third kappa shape index (κ3) is 2.94. The molecular weight excluding hydrogens is 228 g/mol. The van der Waals surface area contributed by atoms with Gasteiger partial charge in [-0.15, -0.1) is 5.10 Å².